The van der Waals surface area contributed by atoms with E-state index in [1.807, 2.05) is 0 Å². The Morgan fingerprint density at radius 3 is 2.22 bits per heavy atom. The molecule has 0 saturated heterocycles. The predicted molar refractivity (Wildman–Crippen MR) is 92.1 cm³/mol. The van der Waals surface area contributed by atoms with E-state index in [9.17, 15) is 23.6 Å². The van der Waals surface area contributed by atoms with Crippen molar-refractivity contribution >= 4 is 23.6 Å². The van der Waals surface area contributed by atoms with Gasteiger partial charge in [-0.3, -0.25) is 19.7 Å². The maximum atomic E-state index is 13.1. The van der Waals surface area contributed by atoms with Crippen LogP contribution in [0, 0.1) is 5.82 Å². The third kappa shape index (κ3) is 7.32. The van der Waals surface area contributed by atoms with Gasteiger partial charge in [-0.1, -0.05) is 12.1 Å². The molecular formula is C17H16FN3O6. The first-order chi connectivity index (χ1) is 12.7. The summed E-state index contributed by atoms with van der Waals surface area (Å²) in [6, 6.07) is 8.49. The molecule has 0 fully saturated rings. The highest BCUT2D eigenvalue weighted by molar-refractivity contribution is 6.08. The molecule has 0 aliphatic rings. The third-order valence-corrected chi connectivity index (χ3v) is 2.87. The fourth-order valence-corrected chi connectivity index (χ4v) is 1.76. The lowest BCUT2D eigenvalue weighted by atomic mass is 10.1. The Bertz CT molecular complexity index is 859. The van der Waals surface area contributed by atoms with E-state index in [1.165, 1.54) is 35.1 Å². The molecular weight excluding hydrogens is 361 g/mol. The van der Waals surface area contributed by atoms with E-state index >= 15 is 0 Å². The molecule has 5 N–H and O–H groups in total. The average molecular weight is 377 g/mol. The fourth-order valence-electron chi connectivity index (χ4n) is 1.76. The van der Waals surface area contributed by atoms with Gasteiger partial charge in [0.05, 0.1) is 6.54 Å². The van der Waals surface area contributed by atoms with Crippen LogP contribution in [0.25, 0.3) is 0 Å². The van der Waals surface area contributed by atoms with E-state index in [4.69, 9.17) is 15.9 Å². The molecule has 2 rings (SSSR count). The number of amides is 1. The molecule has 0 atom stereocenters. The predicted octanol–water partition coefficient (Wildman–Crippen LogP) is 0.599. The van der Waals surface area contributed by atoms with E-state index < -0.39 is 23.7 Å². The Balaban J connectivity index is 0.000000387. The van der Waals surface area contributed by atoms with Crippen LogP contribution in [-0.4, -0.2) is 45.1 Å². The highest BCUT2D eigenvalue weighted by Gasteiger charge is 2.14. The number of carboxylic acid groups (broad SMARTS) is 2. The lowest BCUT2D eigenvalue weighted by molar-refractivity contribution is -0.134. The summed E-state index contributed by atoms with van der Waals surface area (Å²) in [7, 11) is 0. The first-order valence-electron chi connectivity index (χ1n) is 7.36. The second-order valence-corrected chi connectivity index (χ2v) is 4.85. The number of aromatic nitrogens is 1. The molecule has 0 saturated carbocycles. The minimum Gasteiger partial charge on any atom is -0.478 e. The van der Waals surface area contributed by atoms with Crippen LogP contribution in [0.4, 0.5) is 4.39 Å². The number of ketones is 1. The molecule has 1 heterocycles. The van der Waals surface area contributed by atoms with Crippen molar-refractivity contribution in [2.75, 3.05) is 12.0 Å². The molecule has 0 bridgehead atoms. The van der Waals surface area contributed by atoms with Gasteiger partial charge in [0, 0.05) is 23.9 Å². The molecule has 0 aliphatic carbocycles. The van der Waals surface area contributed by atoms with Gasteiger partial charge in [-0.15, -0.1) is 0 Å². The first-order valence-corrected chi connectivity index (χ1v) is 7.36. The number of halogens is 1. The Labute approximate surface area is 152 Å². The van der Waals surface area contributed by atoms with Gasteiger partial charge in [0.1, 0.15) is 11.5 Å². The van der Waals surface area contributed by atoms with Crippen LogP contribution in [0.1, 0.15) is 16.1 Å². The van der Waals surface area contributed by atoms with E-state index in [2.05, 4.69) is 5.43 Å². The van der Waals surface area contributed by atoms with Gasteiger partial charge < -0.3 is 15.9 Å². The van der Waals surface area contributed by atoms with Crippen molar-refractivity contribution in [1.82, 2.24) is 4.68 Å². The number of aliphatic carboxylic acids is 2. The molecule has 27 heavy (non-hydrogen) atoms. The number of nitrogens with two attached hydrogens (primary N) is 1. The van der Waals surface area contributed by atoms with Gasteiger partial charge in [-0.05, 0) is 24.3 Å². The topological polar surface area (TPSA) is 152 Å². The number of rotatable bonds is 6. The molecule has 1 amide bonds. The molecule has 1 aromatic heterocycles. The van der Waals surface area contributed by atoms with Crippen LogP contribution in [0.15, 0.2) is 54.7 Å². The summed E-state index contributed by atoms with van der Waals surface area (Å²) < 4.78 is 14.4. The summed E-state index contributed by atoms with van der Waals surface area (Å²) in [5.74, 6) is -3.82. The Morgan fingerprint density at radius 2 is 1.70 bits per heavy atom. The minimum atomic E-state index is -1.26. The van der Waals surface area contributed by atoms with Crippen molar-refractivity contribution in [3.63, 3.8) is 0 Å². The number of nitrogens with zero attached hydrogens (tertiary/aromatic N) is 1. The zero-order valence-electron chi connectivity index (χ0n) is 13.8. The number of hydrogen-bond acceptors (Lipinski definition) is 5. The molecule has 0 unspecified atom stereocenters. The third-order valence-electron chi connectivity index (χ3n) is 2.87. The first kappa shape index (κ1) is 21.3. The molecule has 1 aromatic carbocycles. The summed E-state index contributed by atoms with van der Waals surface area (Å²) in [4.78, 5) is 42.5. The van der Waals surface area contributed by atoms with Gasteiger partial charge in [-0.2, -0.15) is 0 Å². The number of hydrogen-bond donors (Lipinski definition) is 4. The van der Waals surface area contributed by atoms with E-state index in [0.717, 1.165) is 6.07 Å². The van der Waals surface area contributed by atoms with Gasteiger partial charge >= 0.3 is 11.9 Å². The van der Waals surface area contributed by atoms with Gasteiger partial charge in [-0.25, -0.2) is 14.0 Å². The van der Waals surface area contributed by atoms with Crippen molar-refractivity contribution in [1.29, 1.82) is 0 Å². The second-order valence-electron chi connectivity index (χ2n) is 4.85. The van der Waals surface area contributed by atoms with Crippen molar-refractivity contribution in [2.45, 2.75) is 0 Å². The maximum absolute atomic E-state index is 13.1. The van der Waals surface area contributed by atoms with Crippen molar-refractivity contribution < 1.29 is 33.8 Å². The molecule has 0 spiro atoms. The minimum absolute atomic E-state index is 0.189. The molecule has 10 heteroatoms. The average Bonchev–Trinajstić information content (AvgIpc) is 3.07. The number of carbonyl (C=O) groups is 4. The quantitative estimate of drug-likeness (QED) is 0.425. The van der Waals surface area contributed by atoms with Gasteiger partial charge in [0.2, 0.25) is 5.78 Å². The highest BCUT2D eigenvalue weighted by atomic mass is 19.1. The Hall–Kier alpha value is -3.79. The summed E-state index contributed by atoms with van der Waals surface area (Å²) in [6.45, 7) is -0.189. The lowest BCUT2D eigenvalue weighted by Crippen LogP contribution is -2.30. The van der Waals surface area contributed by atoms with Crippen LogP contribution < -0.4 is 11.2 Å². The summed E-state index contributed by atoms with van der Waals surface area (Å²) in [6.07, 6.45) is 2.63. The maximum Gasteiger partial charge on any atom is 0.328 e. The largest absolute Gasteiger partial charge is 0.478 e. The number of carboxylic acids is 2. The summed E-state index contributed by atoms with van der Waals surface area (Å²) in [5.41, 5.74) is 8.07. The van der Waals surface area contributed by atoms with Crippen LogP contribution >= 0.6 is 0 Å². The summed E-state index contributed by atoms with van der Waals surface area (Å²) in [5, 5.41) is 15.6. The van der Waals surface area contributed by atoms with Crippen molar-refractivity contribution in [3.8, 4) is 0 Å². The molecule has 2 aromatic rings. The highest BCUT2D eigenvalue weighted by Crippen LogP contribution is 2.11. The van der Waals surface area contributed by atoms with Crippen molar-refractivity contribution in [3.05, 3.63) is 71.8 Å². The van der Waals surface area contributed by atoms with Gasteiger partial charge in [0.15, 0.2) is 0 Å². The zero-order chi connectivity index (χ0) is 20.4. The van der Waals surface area contributed by atoms with Crippen LogP contribution in [0.3, 0.4) is 0 Å². The Morgan fingerprint density at radius 1 is 1.07 bits per heavy atom. The lowest BCUT2D eigenvalue weighted by Gasteiger charge is -2.09. The Kier molecular flexibility index (Phi) is 8.07. The zero-order valence-corrected chi connectivity index (χ0v) is 13.8. The smallest absolute Gasteiger partial charge is 0.328 e. The van der Waals surface area contributed by atoms with E-state index in [0.29, 0.717) is 12.2 Å². The normalized spacial score (nSPS) is 10.0. The molecule has 0 radical (unpaired) electrons. The second kappa shape index (κ2) is 10.3. The standard InChI is InChI=1S/C13H12FN3O2.C4H4O4/c14-10-4-1-3-9(7-10)13(19)11-5-2-6-17(11)16-12(18)8-15;5-3(6)1-2-4(7)8/h1-7H,8,15H2,(H,16,18);1-2H,(H,5,6)(H,7,8)/b;2-1+. The van der Waals surface area contributed by atoms with Crippen LogP contribution in [-0.2, 0) is 14.4 Å². The number of benzene rings is 1. The summed E-state index contributed by atoms with van der Waals surface area (Å²) >= 11 is 0. The van der Waals surface area contributed by atoms with Gasteiger partial charge in [0.25, 0.3) is 5.91 Å². The monoisotopic (exact) mass is 377 g/mol. The molecule has 0 aliphatic heterocycles. The van der Waals surface area contributed by atoms with Crippen LogP contribution in [0.2, 0.25) is 0 Å². The SMILES string of the molecule is NCC(=O)Nn1cccc1C(=O)c1cccc(F)c1.O=C(O)/C=C/C(=O)O. The number of nitrogens with one attached hydrogen (secondary N) is 1. The number of carbonyl (C=O) groups excluding carboxylic acids is 2. The fraction of sp³-hybridized carbons (Fsp3) is 0.0588. The van der Waals surface area contributed by atoms with Crippen molar-refractivity contribution in [2.24, 2.45) is 5.73 Å². The van der Waals surface area contributed by atoms with Crippen LogP contribution in [0.5, 0.6) is 0 Å². The van der Waals surface area contributed by atoms with E-state index in [-0.39, 0.29) is 23.6 Å². The molecule has 9 nitrogen and oxygen atoms in total. The van der Waals surface area contributed by atoms with E-state index in [1.54, 1.807) is 6.07 Å². The molecule has 142 valence electrons.